The SMILES string of the molecule is C=CC(=O)N1CCN(C2(c3ccc([C@H](C)Nc4ncc5ccc(=O)n(C(C)C)c5n4)cc3)CCN(C(C)=O)CC2)CC1. The molecule has 5 rings (SSSR count). The molecule has 42 heavy (non-hydrogen) atoms. The van der Waals surface area contributed by atoms with Crippen molar-refractivity contribution in [3.05, 3.63) is 76.7 Å². The Morgan fingerprint density at radius 1 is 0.952 bits per heavy atom. The lowest BCUT2D eigenvalue weighted by molar-refractivity contribution is -0.134. The summed E-state index contributed by atoms with van der Waals surface area (Å²) in [7, 11) is 0. The van der Waals surface area contributed by atoms with E-state index in [1.807, 2.05) is 23.6 Å². The molecule has 2 amide bonds. The normalized spacial score (nSPS) is 18.2. The highest BCUT2D eigenvalue weighted by Gasteiger charge is 2.43. The van der Waals surface area contributed by atoms with Crippen LogP contribution in [0.5, 0.6) is 0 Å². The van der Waals surface area contributed by atoms with E-state index in [-0.39, 0.29) is 35.0 Å². The summed E-state index contributed by atoms with van der Waals surface area (Å²) in [6, 6.07) is 11.9. The topological polar surface area (TPSA) is 104 Å². The highest BCUT2D eigenvalue weighted by Crippen LogP contribution is 2.40. The average molecular weight is 572 g/mol. The Kier molecular flexibility index (Phi) is 8.45. The summed E-state index contributed by atoms with van der Waals surface area (Å²) >= 11 is 0. The predicted octanol–water partition coefficient (Wildman–Crippen LogP) is 3.71. The van der Waals surface area contributed by atoms with Gasteiger partial charge in [-0.2, -0.15) is 4.98 Å². The monoisotopic (exact) mass is 571 g/mol. The number of anilines is 1. The van der Waals surface area contributed by atoms with Crippen LogP contribution in [0.3, 0.4) is 0 Å². The summed E-state index contributed by atoms with van der Waals surface area (Å²) in [5, 5.41) is 4.23. The van der Waals surface area contributed by atoms with Gasteiger partial charge in [0.2, 0.25) is 17.8 Å². The zero-order valence-corrected chi connectivity index (χ0v) is 25.0. The molecule has 0 aliphatic carbocycles. The maximum atomic E-state index is 12.5. The van der Waals surface area contributed by atoms with Crippen LogP contribution in [0.1, 0.15) is 63.7 Å². The Morgan fingerprint density at radius 3 is 2.21 bits per heavy atom. The number of piperazine rings is 1. The van der Waals surface area contributed by atoms with Crippen molar-refractivity contribution < 1.29 is 9.59 Å². The van der Waals surface area contributed by atoms with Crippen LogP contribution in [0.25, 0.3) is 11.0 Å². The summed E-state index contributed by atoms with van der Waals surface area (Å²) in [6.45, 7) is 15.6. The minimum atomic E-state index is -0.202. The second-order valence-electron chi connectivity index (χ2n) is 11.7. The number of nitrogens with one attached hydrogen (secondary N) is 1. The van der Waals surface area contributed by atoms with E-state index in [4.69, 9.17) is 4.98 Å². The maximum absolute atomic E-state index is 12.5. The molecule has 2 aliphatic rings. The molecule has 0 unspecified atom stereocenters. The van der Waals surface area contributed by atoms with E-state index in [0.29, 0.717) is 37.8 Å². The molecule has 0 spiro atoms. The number of carbonyl (C=O) groups excluding carboxylic acids is 2. The molecule has 2 aliphatic heterocycles. The Morgan fingerprint density at radius 2 is 1.62 bits per heavy atom. The zero-order valence-electron chi connectivity index (χ0n) is 25.0. The highest BCUT2D eigenvalue weighted by molar-refractivity contribution is 5.87. The van der Waals surface area contributed by atoms with Crippen molar-refractivity contribution in [2.75, 3.05) is 44.6 Å². The molecule has 1 aromatic carbocycles. The third-order valence-electron chi connectivity index (χ3n) is 8.88. The summed E-state index contributed by atoms with van der Waals surface area (Å²) in [5.41, 5.74) is 2.66. The van der Waals surface area contributed by atoms with Gasteiger partial charge in [-0.1, -0.05) is 30.8 Å². The van der Waals surface area contributed by atoms with Crippen molar-refractivity contribution in [1.29, 1.82) is 0 Å². The number of hydrogen-bond acceptors (Lipinski definition) is 7. The van der Waals surface area contributed by atoms with Gasteiger partial charge in [-0.05, 0) is 56.9 Å². The minimum Gasteiger partial charge on any atom is -0.348 e. The van der Waals surface area contributed by atoms with Crippen LogP contribution in [0, 0.1) is 0 Å². The Labute approximate surface area is 247 Å². The average Bonchev–Trinajstić information content (AvgIpc) is 3.00. The van der Waals surface area contributed by atoms with E-state index in [0.717, 1.165) is 36.9 Å². The van der Waals surface area contributed by atoms with Gasteiger partial charge in [0.25, 0.3) is 5.56 Å². The Balaban J connectivity index is 1.37. The smallest absolute Gasteiger partial charge is 0.252 e. The number of hydrogen-bond donors (Lipinski definition) is 1. The zero-order chi connectivity index (χ0) is 30.0. The van der Waals surface area contributed by atoms with Crippen molar-refractivity contribution in [3.63, 3.8) is 0 Å². The number of rotatable bonds is 7. The lowest BCUT2D eigenvalue weighted by Crippen LogP contribution is -2.59. The van der Waals surface area contributed by atoms with Crippen molar-refractivity contribution in [2.24, 2.45) is 0 Å². The predicted molar refractivity (Wildman–Crippen MR) is 164 cm³/mol. The van der Waals surface area contributed by atoms with E-state index in [2.05, 4.69) is 53.0 Å². The van der Waals surface area contributed by atoms with E-state index in [1.165, 1.54) is 11.6 Å². The van der Waals surface area contributed by atoms with E-state index >= 15 is 0 Å². The van der Waals surface area contributed by atoms with Crippen LogP contribution in [-0.4, -0.2) is 80.3 Å². The first-order valence-electron chi connectivity index (χ1n) is 14.8. The molecule has 2 fully saturated rings. The van der Waals surface area contributed by atoms with Crippen LogP contribution in [0.15, 0.2) is 60.0 Å². The fourth-order valence-electron chi connectivity index (χ4n) is 6.43. The van der Waals surface area contributed by atoms with Gasteiger partial charge in [0.05, 0.1) is 6.04 Å². The molecule has 222 valence electrons. The number of carbonyl (C=O) groups is 2. The van der Waals surface area contributed by atoms with Crippen LogP contribution < -0.4 is 10.9 Å². The minimum absolute atomic E-state index is 0.0194. The Hall–Kier alpha value is -4.05. The lowest BCUT2D eigenvalue weighted by atomic mass is 9.78. The van der Waals surface area contributed by atoms with Crippen molar-refractivity contribution in [3.8, 4) is 0 Å². The lowest BCUT2D eigenvalue weighted by Gasteiger charge is -2.51. The molecule has 10 nitrogen and oxygen atoms in total. The second kappa shape index (κ2) is 12.1. The summed E-state index contributed by atoms with van der Waals surface area (Å²) in [5.74, 6) is 0.560. The molecule has 0 bridgehead atoms. The second-order valence-corrected chi connectivity index (χ2v) is 11.7. The van der Waals surface area contributed by atoms with Gasteiger partial charge < -0.3 is 15.1 Å². The quantitative estimate of drug-likeness (QED) is 0.431. The van der Waals surface area contributed by atoms with Gasteiger partial charge in [-0.25, -0.2) is 4.98 Å². The first kappa shape index (κ1) is 29.4. The molecular weight excluding hydrogens is 530 g/mol. The van der Waals surface area contributed by atoms with Gasteiger partial charge in [-0.15, -0.1) is 0 Å². The van der Waals surface area contributed by atoms with Crippen LogP contribution in [0.4, 0.5) is 5.95 Å². The van der Waals surface area contributed by atoms with Gasteiger partial charge in [0.1, 0.15) is 5.65 Å². The van der Waals surface area contributed by atoms with E-state index in [1.54, 1.807) is 29.8 Å². The third kappa shape index (κ3) is 5.68. The summed E-state index contributed by atoms with van der Waals surface area (Å²) < 4.78 is 1.69. The van der Waals surface area contributed by atoms with E-state index in [9.17, 15) is 14.4 Å². The fraction of sp³-hybridized carbons (Fsp3) is 0.469. The molecule has 4 heterocycles. The molecule has 3 aromatic rings. The number of pyridine rings is 1. The highest BCUT2D eigenvalue weighted by atomic mass is 16.2. The van der Waals surface area contributed by atoms with Crippen LogP contribution >= 0.6 is 0 Å². The van der Waals surface area contributed by atoms with Crippen LogP contribution in [0.2, 0.25) is 0 Å². The molecule has 10 heteroatoms. The van der Waals surface area contributed by atoms with Gasteiger partial charge in [0, 0.05) is 75.4 Å². The number of amides is 2. The van der Waals surface area contributed by atoms with Crippen molar-refractivity contribution in [1.82, 2.24) is 29.2 Å². The largest absolute Gasteiger partial charge is 0.348 e. The van der Waals surface area contributed by atoms with Gasteiger partial charge >= 0.3 is 0 Å². The molecule has 0 radical (unpaired) electrons. The number of fused-ring (bicyclic) bond motifs is 1. The van der Waals surface area contributed by atoms with Gasteiger partial charge in [0.15, 0.2) is 0 Å². The molecule has 1 N–H and O–H groups in total. The standard InChI is InChI=1S/C32H41N7O3/c1-6-28(41)37-17-19-38(20-18-37)32(13-15-36(16-14-32)24(5)40)27-10-7-25(8-11-27)23(4)34-31-33-21-26-9-12-29(42)39(22(2)3)30(26)35-31/h6-12,21-23H,1,13-20H2,2-5H3,(H,33,34,35)/t23-/m0/s1. The number of aromatic nitrogens is 3. The molecule has 1 atom stereocenters. The molecule has 2 saturated heterocycles. The number of likely N-dealkylation sites (tertiary alicyclic amines) is 1. The van der Waals surface area contributed by atoms with E-state index < -0.39 is 0 Å². The van der Waals surface area contributed by atoms with Crippen molar-refractivity contribution >= 4 is 28.8 Å². The van der Waals surface area contributed by atoms with Crippen LogP contribution in [-0.2, 0) is 15.1 Å². The fourth-order valence-corrected chi connectivity index (χ4v) is 6.43. The van der Waals surface area contributed by atoms with Gasteiger partial charge in [-0.3, -0.25) is 23.9 Å². The maximum Gasteiger partial charge on any atom is 0.252 e. The molecular formula is C32H41N7O3. The Bertz CT molecular complexity index is 1520. The number of piperidine rings is 1. The number of benzene rings is 1. The number of nitrogens with zero attached hydrogens (tertiary/aromatic N) is 6. The first-order chi connectivity index (χ1) is 20.1. The van der Waals surface area contributed by atoms with Crippen molar-refractivity contribution in [2.45, 2.75) is 58.2 Å². The third-order valence-corrected chi connectivity index (χ3v) is 8.88. The first-order valence-corrected chi connectivity index (χ1v) is 14.8. The summed E-state index contributed by atoms with van der Waals surface area (Å²) in [6.07, 6.45) is 4.82. The summed E-state index contributed by atoms with van der Waals surface area (Å²) in [4.78, 5) is 52.3. The molecule has 2 aromatic heterocycles. The molecule has 0 saturated carbocycles.